The number of carboxylic acids is 1. The van der Waals surface area contributed by atoms with Crippen LogP contribution in [0.3, 0.4) is 0 Å². The molecule has 1 aromatic carbocycles. The molecule has 1 aromatic rings. The number of rotatable bonds is 10. The molecule has 0 heterocycles. The van der Waals surface area contributed by atoms with Crippen LogP contribution in [0, 0.1) is 11.8 Å². The predicted molar refractivity (Wildman–Crippen MR) is 104 cm³/mol. The van der Waals surface area contributed by atoms with Crippen molar-refractivity contribution < 1.29 is 19.5 Å². The van der Waals surface area contributed by atoms with Gasteiger partial charge in [0.15, 0.2) is 0 Å². The average Bonchev–Trinajstić information content (AvgIpc) is 2.58. The highest BCUT2D eigenvalue weighted by atomic mass is 16.4. The van der Waals surface area contributed by atoms with Crippen LogP contribution in [-0.2, 0) is 20.8 Å². The summed E-state index contributed by atoms with van der Waals surface area (Å²) in [4.78, 5) is 36.4. The van der Waals surface area contributed by atoms with Crippen LogP contribution in [-0.4, -0.2) is 41.0 Å². The van der Waals surface area contributed by atoms with Gasteiger partial charge in [0.25, 0.3) is 0 Å². The van der Waals surface area contributed by atoms with Crippen LogP contribution in [0.4, 0.5) is 0 Å². The molecule has 150 valence electrons. The summed E-state index contributed by atoms with van der Waals surface area (Å²) in [6.45, 7) is 7.33. The standard InChI is InChI=1S/C20H31N3O4/c1-12(2)10-16(20(26)27)22-19(25)17(13(3)4)23-18(24)15(21)11-14-8-6-5-7-9-14/h5-9,12-13,15-17H,10-11,21H2,1-4H3,(H,22,25)(H,23,24)(H,26,27)/t15-,16-,17-/m0/s1. The van der Waals surface area contributed by atoms with E-state index in [0.29, 0.717) is 12.8 Å². The summed E-state index contributed by atoms with van der Waals surface area (Å²) in [5.74, 6) is -2.16. The number of carbonyl (C=O) groups is 3. The maximum atomic E-state index is 12.6. The van der Waals surface area contributed by atoms with E-state index in [4.69, 9.17) is 5.73 Å². The Morgan fingerprint density at radius 2 is 1.59 bits per heavy atom. The monoisotopic (exact) mass is 377 g/mol. The van der Waals surface area contributed by atoms with E-state index >= 15 is 0 Å². The average molecular weight is 377 g/mol. The zero-order valence-corrected chi connectivity index (χ0v) is 16.4. The Hall–Kier alpha value is -2.41. The highest BCUT2D eigenvalue weighted by Crippen LogP contribution is 2.09. The van der Waals surface area contributed by atoms with E-state index in [9.17, 15) is 19.5 Å². The molecular weight excluding hydrogens is 346 g/mol. The highest BCUT2D eigenvalue weighted by molar-refractivity contribution is 5.92. The van der Waals surface area contributed by atoms with Crippen molar-refractivity contribution in [1.29, 1.82) is 0 Å². The minimum atomic E-state index is -1.09. The Bertz CT molecular complexity index is 631. The number of aliphatic carboxylic acids is 1. The van der Waals surface area contributed by atoms with Crippen molar-refractivity contribution in [2.24, 2.45) is 17.6 Å². The summed E-state index contributed by atoms with van der Waals surface area (Å²) in [5, 5.41) is 14.5. The van der Waals surface area contributed by atoms with Crippen LogP contribution in [0.5, 0.6) is 0 Å². The number of nitrogens with one attached hydrogen (secondary N) is 2. The van der Waals surface area contributed by atoms with E-state index in [1.54, 1.807) is 13.8 Å². The molecule has 0 aliphatic heterocycles. The van der Waals surface area contributed by atoms with Gasteiger partial charge in [0.2, 0.25) is 11.8 Å². The van der Waals surface area contributed by atoms with Crippen molar-refractivity contribution >= 4 is 17.8 Å². The lowest BCUT2D eigenvalue weighted by Gasteiger charge is -2.26. The van der Waals surface area contributed by atoms with E-state index < -0.39 is 35.9 Å². The number of carboxylic acid groups (broad SMARTS) is 1. The fourth-order valence-electron chi connectivity index (χ4n) is 2.71. The second-order valence-corrected chi connectivity index (χ2v) is 7.56. The maximum Gasteiger partial charge on any atom is 0.326 e. The normalized spacial score (nSPS) is 14.5. The van der Waals surface area contributed by atoms with Crippen LogP contribution >= 0.6 is 0 Å². The van der Waals surface area contributed by atoms with Crippen LogP contribution in [0.15, 0.2) is 30.3 Å². The quantitative estimate of drug-likeness (QED) is 0.490. The zero-order valence-electron chi connectivity index (χ0n) is 16.4. The molecule has 0 bridgehead atoms. The molecule has 0 aromatic heterocycles. The number of hydrogen-bond acceptors (Lipinski definition) is 4. The van der Waals surface area contributed by atoms with Gasteiger partial charge in [0, 0.05) is 0 Å². The Balaban J connectivity index is 2.74. The summed E-state index contributed by atoms with van der Waals surface area (Å²) >= 11 is 0. The van der Waals surface area contributed by atoms with Gasteiger partial charge < -0.3 is 21.5 Å². The van der Waals surface area contributed by atoms with E-state index in [1.165, 1.54) is 0 Å². The van der Waals surface area contributed by atoms with Crippen LogP contribution in [0.1, 0.15) is 39.7 Å². The molecule has 0 unspecified atom stereocenters. The van der Waals surface area contributed by atoms with Gasteiger partial charge in [-0.25, -0.2) is 4.79 Å². The second-order valence-electron chi connectivity index (χ2n) is 7.56. The van der Waals surface area contributed by atoms with E-state index in [1.807, 2.05) is 44.2 Å². The minimum Gasteiger partial charge on any atom is -0.480 e. The van der Waals surface area contributed by atoms with Gasteiger partial charge >= 0.3 is 5.97 Å². The smallest absolute Gasteiger partial charge is 0.326 e. The van der Waals surface area contributed by atoms with Crippen molar-refractivity contribution in [3.05, 3.63) is 35.9 Å². The van der Waals surface area contributed by atoms with Gasteiger partial charge in [-0.05, 0) is 30.2 Å². The number of carbonyl (C=O) groups excluding carboxylic acids is 2. The molecule has 3 atom stereocenters. The first kappa shape index (κ1) is 22.6. The summed E-state index contributed by atoms with van der Waals surface area (Å²) in [6.07, 6.45) is 0.664. The lowest BCUT2D eigenvalue weighted by Crippen LogP contribution is -2.56. The number of amides is 2. The predicted octanol–water partition coefficient (Wildman–Crippen LogP) is 1.31. The molecule has 1 rings (SSSR count). The minimum absolute atomic E-state index is 0.109. The van der Waals surface area contributed by atoms with Crippen molar-refractivity contribution in [3.63, 3.8) is 0 Å². The molecule has 27 heavy (non-hydrogen) atoms. The summed E-state index contributed by atoms with van der Waals surface area (Å²) in [6, 6.07) is 6.72. The lowest BCUT2D eigenvalue weighted by molar-refractivity contribution is -0.143. The Morgan fingerprint density at radius 1 is 1.00 bits per heavy atom. The van der Waals surface area contributed by atoms with E-state index in [2.05, 4.69) is 10.6 Å². The first-order chi connectivity index (χ1) is 12.6. The first-order valence-electron chi connectivity index (χ1n) is 9.24. The molecule has 0 aliphatic carbocycles. The fraction of sp³-hybridized carbons (Fsp3) is 0.550. The Kier molecular flexibility index (Phi) is 8.94. The third-order valence-corrected chi connectivity index (χ3v) is 4.20. The topological polar surface area (TPSA) is 122 Å². The van der Waals surface area contributed by atoms with Gasteiger partial charge in [0.1, 0.15) is 12.1 Å². The van der Waals surface area contributed by atoms with Crippen molar-refractivity contribution in [1.82, 2.24) is 10.6 Å². The molecule has 7 heteroatoms. The lowest BCUT2D eigenvalue weighted by atomic mass is 9.99. The molecule has 7 nitrogen and oxygen atoms in total. The molecule has 5 N–H and O–H groups in total. The summed E-state index contributed by atoms with van der Waals surface area (Å²) < 4.78 is 0. The SMILES string of the molecule is CC(C)C[C@H](NC(=O)[C@@H](NC(=O)[C@@H](N)Cc1ccccc1)C(C)C)C(=O)O. The number of hydrogen-bond donors (Lipinski definition) is 4. The summed E-state index contributed by atoms with van der Waals surface area (Å²) in [5.41, 5.74) is 6.90. The molecule has 0 saturated carbocycles. The van der Waals surface area contributed by atoms with Crippen molar-refractivity contribution in [3.8, 4) is 0 Å². The molecular formula is C20H31N3O4. The van der Waals surface area contributed by atoms with Crippen LogP contribution in [0.25, 0.3) is 0 Å². The molecule has 0 aliphatic rings. The first-order valence-corrected chi connectivity index (χ1v) is 9.24. The Morgan fingerprint density at radius 3 is 2.07 bits per heavy atom. The largest absolute Gasteiger partial charge is 0.480 e. The molecule has 2 amide bonds. The zero-order chi connectivity index (χ0) is 20.6. The second kappa shape index (κ2) is 10.7. The number of nitrogens with two attached hydrogens (primary N) is 1. The van der Waals surface area contributed by atoms with Gasteiger partial charge in [-0.15, -0.1) is 0 Å². The van der Waals surface area contributed by atoms with E-state index in [0.717, 1.165) is 5.56 Å². The van der Waals surface area contributed by atoms with Gasteiger partial charge in [0.05, 0.1) is 6.04 Å². The molecule has 0 spiro atoms. The maximum absolute atomic E-state index is 12.6. The van der Waals surface area contributed by atoms with Crippen LogP contribution in [0.2, 0.25) is 0 Å². The van der Waals surface area contributed by atoms with Gasteiger partial charge in [-0.2, -0.15) is 0 Å². The fourth-order valence-corrected chi connectivity index (χ4v) is 2.71. The number of benzene rings is 1. The Labute approximate surface area is 160 Å². The molecule has 0 saturated heterocycles. The molecule has 0 fully saturated rings. The molecule has 0 radical (unpaired) electrons. The van der Waals surface area contributed by atoms with Crippen molar-refractivity contribution in [2.45, 2.75) is 58.7 Å². The third kappa shape index (κ3) is 7.78. The summed E-state index contributed by atoms with van der Waals surface area (Å²) in [7, 11) is 0. The van der Waals surface area contributed by atoms with Gasteiger partial charge in [-0.3, -0.25) is 9.59 Å². The third-order valence-electron chi connectivity index (χ3n) is 4.20. The van der Waals surface area contributed by atoms with Crippen LogP contribution < -0.4 is 16.4 Å². The van der Waals surface area contributed by atoms with Gasteiger partial charge in [-0.1, -0.05) is 58.0 Å². The van der Waals surface area contributed by atoms with E-state index in [-0.39, 0.29) is 11.8 Å². The van der Waals surface area contributed by atoms with Crippen molar-refractivity contribution in [2.75, 3.05) is 0 Å². The highest BCUT2D eigenvalue weighted by Gasteiger charge is 2.30.